The average Bonchev–Trinajstić information content (AvgIpc) is 2.97. The van der Waals surface area contributed by atoms with Gasteiger partial charge in [0, 0.05) is 16.5 Å². The van der Waals surface area contributed by atoms with Crippen molar-refractivity contribution in [3.8, 4) is 17.2 Å². The highest BCUT2D eigenvalue weighted by Gasteiger charge is 2.22. The van der Waals surface area contributed by atoms with E-state index in [0.29, 0.717) is 40.3 Å². The van der Waals surface area contributed by atoms with Crippen LogP contribution in [-0.4, -0.2) is 24.5 Å². The van der Waals surface area contributed by atoms with E-state index in [4.69, 9.17) is 42.5 Å². The molecule has 2 aromatic rings. The van der Waals surface area contributed by atoms with E-state index in [9.17, 15) is 4.79 Å². The number of halogens is 2. The Bertz CT molecular complexity index is 760. The van der Waals surface area contributed by atoms with Gasteiger partial charge < -0.3 is 19.3 Å². The Balaban J connectivity index is 1.74. The molecule has 1 aliphatic heterocycles. The molecule has 0 radical (unpaired) electrons. The summed E-state index contributed by atoms with van der Waals surface area (Å²) in [6.07, 6.45) is 0.545. The van der Waals surface area contributed by atoms with Crippen LogP contribution in [-0.2, 0) is 6.42 Å². The summed E-state index contributed by atoms with van der Waals surface area (Å²) in [5.41, 5.74) is 0.966. The number of benzene rings is 2. The first-order valence-electron chi connectivity index (χ1n) is 6.78. The van der Waals surface area contributed by atoms with Gasteiger partial charge in [-0.05, 0) is 29.8 Å². The van der Waals surface area contributed by atoms with Gasteiger partial charge >= 0.3 is 5.97 Å². The van der Waals surface area contributed by atoms with Crippen LogP contribution < -0.4 is 14.2 Å². The molecule has 0 bridgehead atoms. The minimum Gasteiger partial charge on any atom is -0.489 e. The van der Waals surface area contributed by atoms with Crippen molar-refractivity contribution < 1.29 is 24.1 Å². The molecule has 5 nitrogen and oxygen atoms in total. The number of ether oxygens (including phenoxy) is 3. The van der Waals surface area contributed by atoms with E-state index in [2.05, 4.69) is 0 Å². The predicted octanol–water partition coefficient (Wildman–Crippen LogP) is 4.04. The molecule has 0 fully saturated rings. The summed E-state index contributed by atoms with van der Waals surface area (Å²) >= 11 is 12.0. The van der Waals surface area contributed by atoms with Gasteiger partial charge in [0.1, 0.15) is 0 Å². The fourth-order valence-electron chi connectivity index (χ4n) is 2.20. The topological polar surface area (TPSA) is 65.0 Å². The molecule has 0 unspecified atom stereocenters. The summed E-state index contributed by atoms with van der Waals surface area (Å²) in [4.78, 5) is 11.1. The molecule has 1 aliphatic rings. The second-order valence-electron chi connectivity index (χ2n) is 4.85. The van der Waals surface area contributed by atoms with Crippen LogP contribution in [0.3, 0.4) is 0 Å². The van der Waals surface area contributed by atoms with Gasteiger partial charge in [0.15, 0.2) is 11.5 Å². The SMILES string of the molecule is O=C(O)c1cc(OCCc2ccc(Cl)cc2Cl)c2c(c1)OCO2. The second kappa shape index (κ2) is 6.56. The summed E-state index contributed by atoms with van der Waals surface area (Å²) in [6, 6.07) is 8.07. The first-order chi connectivity index (χ1) is 11.0. The normalized spacial score (nSPS) is 12.3. The van der Waals surface area contributed by atoms with Crippen LogP contribution in [0.1, 0.15) is 15.9 Å². The van der Waals surface area contributed by atoms with Gasteiger partial charge in [0.2, 0.25) is 12.5 Å². The van der Waals surface area contributed by atoms with Crippen molar-refractivity contribution in [1.29, 1.82) is 0 Å². The van der Waals surface area contributed by atoms with Gasteiger partial charge in [-0.2, -0.15) is 0 Å². The van der Waals surface area contributed by atoms with Crippen molar-refractivity contribution in [2.45, 2.75) is 6.42 Å². The first-order valence-corrected chi connectivity index (χ1v) is 7.54. The van der Waals surface area contributed by atoms with E-state index in [0.717, 1.165) is 5.56 Å². The van der Waals surface area contributed by atoms with Gasteiger partial charge in [0.25, 0.3) is 0 Å². The molecule has 2 aromatic carbocycles. The van der Waals surface area contributed by atoms with Crippen molar-refractivity contribution in [3.63, 3.8) is 0 Å². The van der Waals surface area contributed by atoms with E-state index >= 15 is 0 Å². The molecule has 0 spiro atoms. The standard InChI is InChI=1S/C16H12Cl2O5/c17-11-2-1-9(12(18)7-11)3-4-21-13-5-10(16(19)20)6-14-15(13)23-8-22-14/h1-2,5-7H,3-4,8H2,(H,19,20). The summed E-state index contributed by atoms with van der Waals surface area (Å²) in [5.74, 6) is 0.0537. The maximum Gasteiger partial charge on any atom is 0.335 e. The molecule has 0 aromatic heterocycles. The molecule has 0 saturated heterocycles. The molecule has 0 aliphatic carbocycles. The van der Waals surface area contributed by atoms with E-state index in [1.54, 1.807) is 12.1 Å². The molecule has 0 amide bonds. The zero-order chi connectivity index (χ0) is 16.4. The Kier molecular flexibility index (Phi) is 4.50. The number of rotatable bonds is 5. The van der Waals surface area contributed by atoms with Crippen LogP contribution in [0, 0.1) is 0 Å². The molecule has 23 heavy (non-hydrogen) atoms. The Morgan fingerprint density at radius 1 is 1.22 bits per heavy atom. The van der Waals surface area contributed by atoms with Crippen molar-refractivity contribution in [2.24, 2.45) is 0 Å². The maximum atomic E-state index is 11.1. The third kappa shape index (κ3) is 3.46. The number of hydrogen-bond acceptors (Lipinski definition) is 4. The predicted molar refractivity (Wildman–Crippen MR) is 85.2 cm³/mol. The van der Waals surface area contributed by atoms with Crippen LogP contribution in [0.4, 0.5) is 0 Å². The molecule has 1 heterocycles. The number of fused-ring (bicyclic) bond motifs is 1. The van der Waals surface area contributed by atoms with E-state index in [1.165, 1.54) is 12.1 Å². The lowest BCUT2D eigenvalue weighted by atomic mass is 10.1. The number of hydrogen-bond donors (Lipinski definition) is 1. The van der Waals surface area contributed by atoms with Gasteiger partial charge in [-0.25, -0.2) is 4.79 Å². The lowest BCUT2D eigenvalue weighted by Crippen LogP contribution is -2.04. The number of carboxylic acids is 1. The summed E-state index contributed by atoms with van der Waals surface area (Å²) in [7, 11) is 0. The number of carboxylic acid groups (broad SMARTS) is 1. The maximum absolute atomic E-state index is 11.1. The Hall–Kier alpha value is -2.11. The van der Waals surface area contributed by atoms with Crippen LogP contribution in [0.2, 0.25) is 10.0 Å². The molecule has 0 saturated carbocycles. The van der Waals surface area contributed by atoms with Crippen molar-refractivity contribution in [3.05, 3.63) is 51.5 Å². The average molecular weight is 355 g/mol. The molecule has 3 rings (SSSR count). The third-order valence-electron chi connectivity index (χ3n) is 3.33. The monoisotopic (exact) mass is 354 g/mol. The lowest BCUT2D eigenvalue weighted by Gasteiger charge is -2.11. The molecular weight excluding hydrogens is 343 g/mol. The minimum absolute atomic E-state index is 0.0395. The third-order valence-corrected chi connectivity index (χ3v) is 3.92. The zero-order valence-corrected chi connectivity index (χ0v) is 13.4. The number of aromatic carboxylic acids is 1. The minimum atomic E-state index is -1.06. The van der Waals surface area contributed by atoms with Crippen LogP contribution in [0.15, 0.2) is 30.3 Å². The summed E-state index contributed by atoms with van der Waals surface area (Å²) in [6.45, 7) is 0.345. The van der Waals surface area contributed by atoms with Crippen molar-refractivity contribution in [1.82, 2.24) is 0 Å². The lowest BCUT2D eigenvalue weighted by molar-refractivity contribution is 0.0696. The fourth-order valence-corrected chi connectivity index (χ4v) is 2.71. The summed E-state index contributed by atoms with van der Waals surface area (Å²) in [5, 5.41) is 10.3. The highest BCUT2D eigenvalue weighted by molar-refractivity contribution is 6.35. The Labute approximate surface area is 142 Å². The molecule has 1 N–H and O–H groups in total. The van der Waals surface area contributed by atoms with Crippen LogP contribution in [0.25, 0.3) is 0 Å². The van der Waals surface area contributed by atoms with Gasteiger partial charge in [-0.15, -0.1) is 0 Å². The highest BCUT2D eigenvalue weighted by Crippen LogP contribution is 2.42. The molecule has 120 valence electrons. The summed E-state index contributed by atoms with van der Waals surface area (Å²) < 4.78 is 16.2. The smallest absolute Gasteiger partial charge is 0.335 e. The highest BCUT2D eigenvalue weighted by atomic mass is 35.5. The zero-order valence-electron chi connectivity index (χ0n) is 11.8. The van der Waals surface area contributed by atoms with Gasteiger partial charge in [0.05, 0.1) is 12.2 Å². The Morgan fingerprint density at radius 3 is 2.78 bits per heavy atom. The second-order valence-corrected chi connectivity index (χ2v) is 5.69. The van der Waals surface area contributed by atoms with Crippen LogP contribution >= 0.6 is 23.2 Å². The number of carbonyl (C=O) groups is 1. The molecular formula is C16H12Cl2O5. The first kappa shape index (κ1) is 15.8. The van der Waals surface area contributed by atoms with Crippen molar-refractivity contribution >= 4 is 29.2 Å². The van der Waals surface area contributed by atoms with Crippen LogP contribution in [0.5, 0.6) is 17.2 Å². The Morgan fingerprint density at radius 2 is 2.04 bits per heavy atom. The molecule has 7 heteroatoms. The quantitative estimate of drug-likeness (QED) is 0.877. The van der Waals surface area contributed by atoms with E-state index in [1.807, 2.05) is 6.07 Å². The fraction of sp³-hybridized carbons (Fsp3) is 0.188. The van der Waals surface area contributed by atoms with Gasteiger partial charge in [-0.3, -0.25) is 0 Å². The van der Waals surface area contributed by atoms with E-state index in [-0.39, 0.29) is 12.4 Å². The van der Waals surface area contributed by atoms with Gasteiger partial charge in [-0.1, -0.05) is 29.3 Å². The van der Waals surface area contributed by atoms with E-state index < -0.39 is 5.97 Å². The molecule has 0 atom stereocenters. The van der Waals surface area contributed by atoms with Crippen molar-refractivity contribution in [2.75, 3.05) is 13.4 Å². The largest absolute Gasteiger partial charge is 0.489 e.